The Labute approximate surface area is 106 Å². The van der Waals surface area contributed by atoms with Crippen molar-refractivity contribution in [3.8, 4) is 6.19 Å². The lowest BCUT2D eigenvalue weighted by Gasteiger charge is -2.17. The second-order valence-corrected chi connectivity index (χ2v) is 3.90. The summed E-state index contributed by atoms with van der Waals surface area (Å²) in [6, 6.07) is 2.27. The quantitative estimate of drug-likeness (QED) is 0.476. The minimum Gasteiger partial charge on any atom is -0.274 e. The van der Waals surface area contributed by atoms with E-state index in [9.17, 15) is 17.6 Å². The van der Waals surface area contributed by atoms with Crippen LogP contribution in [0, 0.1) is 17.3 Å². The van der Waals surface area contributed by atoms with Gasteiger partial charge in [0.15, 0.2) is 6.19 Å². The van der Waals surface area contributed by atoms with Crippen molar-refractivity contribution in [1.29, 1.82) is 5.26 Å². The van der Waals surface area contributed by atoms with Crippen LogP contribution in [-0.2, 0) is 6.18 Å². The van der Waals surface area contributed by atoms with E-state index in [1.165, 1.54) is 0 Å². The third kappa shape index (κ3) is 3.37. The molecule has 96 valence electrons. The van der Waals surface area contributed by atoms with Gasteiger partial charge in [-0.3, -0.25) is 4.90 Å². The van der Waals surface area contributed by atoms with Gasteiger partial charge >= 0.3 is 6.18 Å². The van der Waals surface area contributed by atoms with E-state index in [0.717, 1.165) is 11.0 Å². The number of nitriles is 1. The molecule has 1 rings (SSSR count). The highest BCUT2D eigenvalue weighted by Crippen LogP contribution is 2.33. The van der Waals surface area contributed by atoms with Crippen molar-refractivity contribution in [3.05, 3.63) is 41.2 Å². The summed E-state index contributed by atoms with van der Waals surface area (Å²) in [5.74, 6) is -1.39. The molecule has 0 bridgehead atoms. The Kier molecular flexibility index (Phi) is 4.19. The molecule has 0 N–H and O–H groups in total. The number of nitrogens with zero attached hydrogens (tertiary/aromatic N) is 2. The third-order valence-electron chi connectivity index (χ3n) is 2.02. The molecule has 0 spiro atoms. The first-order valence-corrected chi connectivity index (χ1v) is 5.01. The normalized spacial score (nSPS) is 10.9. The standard InChI is InChI=1S/C11H7ClF4N2/c1-7(12)5-18(6-17)8-2-3-10(13)9(4-8)11(14,15)16/h2-4H,1,5H2. The van der Waals surface area contributed by atoms with E-state index < -0.39 is 17.6 Å². The molecule has 1 aromatic carbocycles. The van der Waals surface area contributed by atoms with Gasteiger partial charge in [0.1, 0.15) is 5.82 Å². The lowest BCUT2D eigenvalue weighted by Crippen LogP contribution is -2.19. The molecular weight excluding hydrogens is 272 g/mol. The molecule has 0 fully saturated rings. The largest absolute Gasteiger partial charge is 0.419 e. The first kappa shape index (κ1) is 14.3. The van der Waals surface area contributed by atoms with Crippen LogP contribution in [0.5, 0.6) is 0 Å². The molecule has 0 aliphatic heterocycles. The summed E-state index contributed by atoms with van der Waals surface area (Å²) >= 11 is 5.48. The highest BCUT2D eigenvalue weighted by molar-refractivity contribution is 6.29. The van der Waals surface area contributed by atoms with Gasteiger partial charge < -0.3 is 0 Å². The van der Waals surface area contributed by atoms with Crippen LogP contribution in [0.3, 0.4) is 0 Å². The number of anilines is 1. The van der Waals surface area contributed by atoms with Gasteiger partial charge in [-0.25, -0.2) is 4.39 Å². The molecule has 2 nitrogen and oxygen atoms in total. The molecule has 7 heteroatoms. The molecular formula is C11H7ClF4N2. The molecule has 0 saturated heterocycles. The van der Waals surface area contributed by atoms with Crippen LogP contribution in [0.1, 0.15) is 5.56 Å². The molecule has 0 unspecified atom stereocenters. The highest BCUT2D eigenvalue weighted by Gasteiger charge is 2.34. The first-order chi connectivity index (χ1) is 8.25. The summed E-state index contributed by atoms with van der Waals surface area (Å²) in [5, 5.41) is 8.87. The molecule has 0 heterocycles. The van der Waals surface area contributed by atoms with Crippen LogP contribution in [0.25, 0.3) is 0 Å². The zero-order valence-electron chi connectivity index (χ0n) is 8.93. The first-order valence-electron chi connectivity index (χ1n) is 4.63. The van der Waals surface area contributed by atoms with Crippen LogP contribution in [0.4, 0.5) is 23.2 Å². The molecule has 0 atom stereocenters. The van der Waals surface area contributed by atoms with E-state index in [4.69, 9.17) is 16.9 Å². The highest BCUT2D eigenvalue weighted by atomic mass is 35.5. The predicted octanol–water partition coefficient (Wildman–Crippen LogP) is 3.88. The van der Waals surface area contributed by atoms with Crippen LogP contribution >= 0.6 is 11.6 Å². The van der Waals surface area contributed by atoms with Crippen molar-refractivity contribution in [2.24, 2.45) is 0 Å². The monoisotopic (exact) mass is 278 g/mol. The summed E-state index contributed by atoms with van der Waals surface area (Å²) in [5.41, 5.74) is -1.53. The Balaban J connectivity index is 3.19. The zero-order valence-corrected chi connectivity index (χ0v) is 9.69. The fourth-order valence-corrected chi connectivity index (χ4v) is 1.37. The van der Waals surface area contributed by atoms with Gasteiger partial charge in [-0.15, -0.1) is 0 Å². The Morgan fingerprint density at radius 2 is 2.06 bits per heavy atom. The van der Waals surface area contributed by atoms with E-state index in [1.54, 1.807) is 6.19 Å². The van der Waals surface area contributed by atoms with Crippen LogP contribution in [-0.4, -0.2) is 6.54 Å². The number of alkyl halides is 3. The van der Waals surface area contributed by atoms with Crippen LogP contribution in [0.15, 0.2) is 29.8 Å². The van der Waals surface area contributed by atoms with E-state index in [0.29, 0.717) is 12.1 Å². The molecule has 0 saturated carbocycles. The van der Waals surface area contributed by atoms with Crippen molar-refractivity contribution >= 4 is 17.3 Å². The smallest absolute Gasteiger partial charge is 0.274 e. The topological polar surface area (TPSA) is 27.0 Å². The number of benzene rings is 1. The molecule has 0 amide bonds. The Morgan fingerprint density at radius 1 is 1.44 bits per heavy atom. The maximum atomic E-state index is 13.0. The molecule has 0 radical (unpaired) electrons. The maximum absolute atomic E-state index is 13.0. The van der Waals surface area contributed by atoms with E-state index in [2.05, 4.69) is 6.58 Å². The van der Waals surface area contributed by atoms with Gasteiger partial charge in [-0.1, -0.05) is 18.2 Å². The minimum absolute atomic E-state index is 0.0782. The average Bonchev–Trinajstić information content (AvgIpc) is 2.25. The number of hydrogen-bond acceptors (Lipinski definition) is 2. The summed E-state index contributed by atoms with van der Waals surface area (Å²) < 4.78 is 50.5. The third-order valence-corrected chi connectivity index (χ3v) is 2.14. The Bertz CT molecular complexity index is 505. The fraction of sp³-hybridized carbons (Fsp3) is 0.182. The van der Waals surface area contributed by atoms with Gasteiger partial charge in [-0.05, 0) is 18.2 Å². The summed E-state index contributed by atoms with van der Waals surface area (Å²) in [4.78, 5) is 0.879. The number of hydrogen-bond donors (Lipinski definition) is 0. The minimum atomic E-state index is -4.82. The van der Waals surface area contributed by atoms with Crippen molar-refractivity contribution in [3.63, 3.8) is 0 Å². The predicted molar refractivity (Wildman–Crippen MR) is 59.4 cm³/mol. The van der Waals surface area contributed by atoms with Gasteiger partial charge in [0, 0.05) is 5.03 Å². The molecule has 18 heavy (non-hydrogen) atoms. The Hall–Kier alpha value is -1.74. The molecule has 0 aliphatic carbocycles. The fourth-order valence-electron chi connectivity index (χ4n) is 1.25. The Morgan fingerprint density at radius 3 is 2.50 bits per heavy atom. The lowest BCUT2D eigenvalue weighted by atomic mass is 10.1. The van der Waals surface area contributed by atoms with E-state index >= 15 is 0 Å². The summed E-state index contributed by atoms with van der Waals surface area (Å²) in [6.07, 6.45) is -3.17. The molecule has 0 aromatic heterocycles. The lowest BCUT2D eigenvalue weighted by molar-refractivity contribution is -0.139. The van der Waals surface area contributed by atoms with Crippen LogP contribution < -0.4 is 4.90 Å². The second-order valence-electron chi connectivity index (χ2n) is 3.37. The maximum Gasteiger partial charge on any atom is 0.419 e. The molecule has 0 aliphatic rings. The van der Waals surface area contributed by atoms with Gasteiger partial charge in [-0.2, -0.15) is 18.4 Å². The summed E-state index contributed by atoms with van der Waals surface area (Å²) in [6.45, 7) is 3.18. The van der Waals surface area contributed by atoms with Crippen molar-refractivity contribution in [2.75, 3.05) is 11.4 Å². The average molecular weight is 279 g/mol. The number of rotatable bonds is 3. The van der Waals surface area contributed by atoms with Crippen LogP contribution in [0.2, 0.25) is 0 Å². The van der Waals surface area contributed by atoms with Crippen molar-refractivity contribution in [2.45, 2.75) is 6.18 Å². The molecule has 1 aromatic rings. The van der Waals surface area contributed by atoms with E-state index in [-0.39, 0.29) is 17.3 Å². The number of halogens is 5. The zero-order chi connectivity index (χ0) is 13.9. The van der Waals surface area contributed by atoms with Gasteiger partial charge in [0.05, 0.1) is 17.8 Å². The van der Waals surface area contributed by atoms with Crippen molar-refractivity contribution < 1.29 is 17.6 Å². The summed E-state index contributed by atoms with van der Waals surface area (Å²) in [7, 11) is 0. The SMILES string of the molecule is C=C(Cl)CN(C#N)c1ccc(F)c(C(F)(F)F)c1. The van der Waals surface area contributed by atoms with E-state index in [1.807, 2.05) is 0 Å². The second kappa shape index (κ2) is 5.27. The van der Waals surface area contributed by atoms with Gasteiger partial charge in [0.25, 0.3) is 0 Å². The van der Waals surface area contributed by atoms with Crippen molar-refractivity contribution in [1.82, 2.24) is 0 Å². The van der Waals surface area contributed by atoms with Gasteiger partial charge in [0.2, 0.25) is 0 Å².